The van der Waals surface area contributed by atoms with Gasteiger partial charge >= 0.3 is 11.9 Å². The van der Waals surface area contributed by atoms with Crippen LogP contribution in [0, 0.1) is 0 Å². The van der Waals surface area contributed by atoms with Crippen LogP contribution in [0.25, 0.3) is 0 Å². The van der Waals surface area contributed by atoms with Gasteiger partial charge in [-0.15, -0.1) is 13.2 Å². The van der Waals surface area contributed by atoms with Crippen LogP contribution in [0.1, 0.15) is 33.6 Å². The quantitative estimate of drug-likeness (QED) is 0.523. The molecule has 1 heterocycles. The maximum absolute atomic E-state index is 11.6. The van der Waals surface area contributed by atoms with Crippen molar-refractivity contribution >= 4 is 11.9 Å². The Morgan fingerprint density at radius 2 is 1.22 bits per heavy atom. The van der Waals surface area contributed by atoms with Crippen LogP contribution in [0.15, 0.2) is 37.4 Å². The molecule has 0 amide bonds. The first-order valence-electron chi connectivity index (χ1n) is 5.72. The van der Waals surface area contributed by atoms with Gasteiger partial charge in [0.1, 0.15) is 0 Å². The highest BCUT2D eigenvalue weighted by Crippen LogP contribution is 2.13. The Labute approximate surface area is 106 Å². The van der Waals surface area contributed by atoms with Crippen molar-refractivity contribution in [2.75, 3.05) is 13.2 Å². The van der Waals surface area contributed by atoms with Gasteiger partial charge < -0.3 is 9.47 Å². The predicted molar refractivity (Wildman–Crippen MR) is 67.5 cm³/mol. The van der Waals surface area contributed by atoms with Crippen LogP contribution in [0.2, 0.25) is 0 Å². The average Bonchev–Trinajstić information content (AvgIpc) is 2.44. The Kier molecular flexibility index (Phi) is 5.64. The summed E-state index contributed by atoms with van der Waals surface area (Å²) < 4.78 is 10.1. The number of fused-ring (bicyclic) bond motifs is 1. The number of carbonyl (C=O) groups excluding carboxylic acids is 2. The lowest BCUT2D eigenvalue weighted by Crippen LogP contribution is -2.17. The molecular formula is C14H16O4. The maximum atomic E-state index is 11.6. The molecule has 1 aromatic rings. The van der Waals surface area contributed by atoms with E-state index in [9.17, 15) is 9.59 Å². The molecule has 2 rings (SSSR count). The van der Waals surface area contributed by atoms with Crippen LogP contribution in [0.5, 0.6) is 0 Å². The van der Waals surface area contributed by atoms with E-state index in [0.29, 0.717) is 26.1 Å². The van der Waals surface area contributed by atoms with Crippen LogP contribution in [-0.4, -0.2) is 25.2 Å². The van der Waals surface area contributed by atoms with Crippen LogP contribution in [0.4, 0.5) is 0 Å². The zero-order chi connectivity index (χ0) is 13.4. The van der Waals surface area contributed by atoms with Crippen LogP contribution >= 0.6 is 0 Å². The third-order valence-corrected chi connectivity index (χ3v) is 2.37. The van der Waals surface area contributed by atoms with E-state index in [-0.39, 0.29) is 11.1 Å². The molecule has 1 aliphatic heterocycles. The van der Waals surface area contributed by atoms with Gasteiger partial charge in [-0.2, -0.15) is 0 Å². The number of benzene rings is 1. The molecule has 1 aromatic carbocycles. The van der Waals surface area contributed by atoms with Gasteiger partial charge in [0.05, 0.1) is 24.3 Å². The molecule has 0 aromatic heterocycles. The SMILES string of the molecule is C=C.O=C1OCCCCOC(=O)c2ccccc21. The number of cyclic esters (lactones) is 2. The highest BCUT2D eigenvalue weighted by Gasteiger charge is 2.19. The first-order valence-corrected chi connectivity index (χ1v) is 5.72. The molecule has 0 unspecified atom stereocenters. The lowest BCUT2D eigenvalue weighted by atomic mass is 10.1. The van der Waals surface area contributed by atoms with Crippen molar-refractivity contribution in [1.29, 1.82) is 0 Å². The zero-order valence-electron chi connectivity index (χ0n) is 10.2. The lowest BCUT2D eigenvalue weighted by Gasteiger charge is -2.12. The van der Waals surface area contributed by atoms with Gasteiger partial charge in [0.25, 0.3) is 0 Å². The van der Waals surface area contributed by atoms with E-state index in [1.54, 1.807) is 24.3 Å². The van der Waals surface area contributed by atoms with Crippen LogP contribution < -0.4 is 0 Å². The smallest absolute Gasteiger partial charge is 0.339 e. The van der Waals surface area contributed by atoms with E-state index in [1.807, 2.05) is 0 Å². The minimum atomic E-state index is -0.463. The first-order chi connectivity index (χ1) is 8.79. The molecule has 0 aliphatic carbocycles. The fourth-order valence-electron chi connectivity index (χ4n) is 1.53. The molecule has 4 heteroatoms. The summed E-state index contributed by atoms with van der Waals surface area (Å²) in [5, 5.41) is 0. The monoisotopic (exact) mass is 248 g/mol. The van der Waals surface area contributed by atoms with Gasteiger partial charge in [0.2, 0.25) is 0 Å². The fourth-order valence-corrected chi connectivity index (χ4v) is 1.53. The molecule has 0 bridgehead atoms. The lowest BCUT2D eigenvalue weighted by molar-refractivity contribution is 0.0394. The Morgan fingerprint density at radius 3 is 1.61 bits per heavy atom. The first kappa shape index (κ1) is 14.0. The van der Waals surface area contributed by atoms with Crippen molar-refractivity contribution in [1.82, 2.24) is 0 Å². The van der Waals surface area contributed by atoms with Crippen molar-refractivity contribution < 1.29 is 19.1 Å². The Morgan fingerprint density at radius 1 is 0.833 bits per heavy atom. The second-order valence-electron chi connectivity index (χ2n) is 3.52. The molecule has 0 fully saturated rings. The summed E-state index contributed by atoms with van der Waals surface area (Å²) in [6.45, 7) is 6.73. The van der Waals surface area contributed by atoms with E-state index < -0.39 is 11.9 Å². The summed E-state index contributed by atoms with van der Waals surface area (Å²) in [5.41, 5.74) is 0.545. The Bertz CT molecular complexity index is 387. The van der Waals surface area contributed by atoms with E-state index in [1.165, 1.54) is 0 Å². The maximum Gasteiger partial charge on any atom is 0.339 e. The summed E-state index contributed by atoms with van der Waals surface area (Å²) in [5.74, 6) is -0.927. The Balaban J connectivity index is 0.000000771. The molecule has 18 heavy (non-hydrogen) atoms. The average molecular weight is 248 g/mol. The highest BCUT2D eigenvalue weighted by atomic mass is 16.5. The molecular weight excluding hydrogens is 232 g/mol. The largest absolute Gasteiger partial charge is 0.462 e. The highest BCUT2D eigenvalue weighted by molar-refractivity contribution is 6.03. The second kappa shape index (κ2) is 7.27. The molecule has 4 nitrogen and oxygen atoms in total. The van der Waals surface area contributed by atoms with Crippen molar-refractivity contribution in [3.63, 3.8) is 0 Å². The zero-order valence-corrected chi connectivity index (χ0v) is 10.2. The number of rotatable bonds is 0. The van der Waals surface area contributed by atoms with Gasteiger partial charge in [-0.3, -0.25) is 0 Å². The van der Waals surface area contributed by atoms with Crippen molar-refractivity contribution in [2.45, 2.75) is 12.8 Å². The predicted octanol–water partition coefficient (Wildman–Crippen LogP) is 2.60. The number of hydrogen-bond donors (Lipinski definition) is 0. The van der Waals surface area contributed by atoms with E-state index >= 15 is 0 Å². The molecule has 0 saturated carbocycles. The molecule has 0 radical (unpaired) electrons. The molecule has 0 spiro atoms. The van der Waals surface area contributed by atoms with Gasteiger partial charge in [-0.25, -0.2) is 9.59 Å². The minimum Gasteiger partial charge on any atom is -0.462 e. The van der Waals surface area contributed by atoms with E-state index in [0.717, 1.165) is 0 Å². The van der Waals surface area contributed by atoms with Crippen molar-refractivity contribution in [3.8, 4) is 0 Å². The van der Waals surface area contributed by atoms with Crippen molar-refractivity contribution in [3.05, 3.63) is 48.6 Å². The standard InChI is InChI=1S/C12H12O4.C2H4/c13-11-9-5-1-2-6-10(9)12(14)16-8-4-3-7-15-11;1-2/h1-2,5-6H,3-4,7-8H2;1-2H2. The minimum absolute atomic E-state index is 0.273. The molecule has 96 valence electrons. The second-order valence-corrected chi connectivity index (χ2v) is 3.52. The Hall–Kier alpha value is -2.10. The number of carbonyl (C=O) groups is 2. The molecule has 0 saturated heterocycles. The fraction of sp³-hybridized carbons (Fsp3) is 0.286. The summed E-state index contributed by atoms with van der Waals surface area (Å²) in [6.07, 6.45) is 1.42. The normalized spacial score (nSPS) is 15.3. The number of esters is 2. The topological polar surface area (TPSA) is 52.6 Å². The van der Waals surface area contributed by atoms with Crippen LogP contribution in [-0.2, 0) is 9.47 Å². The molecule has 1 aliphatic rings. The van der Waals surface area contributed by atoms with Gasteiger partial charge in [-0.1, -0.05) is 12.1 Å². The van der Waals surface area contributed by atoms with Gasteiger partial charge in [-0.05, 0) is 25.0 Å². The van der Waals surface area contributed by atoms with E-state index in [4.69, 9.17) is 9.47 Å². The van der Waals surface area contributed by atoms with E-state index in [2.05, 4.69) is 13.2 Å². The van der Waals surface area contributed by atoms with Crippen LogP contribution in [0.3, 0.4) is 0 Å². The summed E-state index contributed by atoms with van der Waals surface area (Å²) in [4.78, 5) is 23.3. The number of ether oxygens (including phenoxy) is 2. The van der Waals surface area contributed by atoms with Gasteiger partial charge in [0, 0.05) is 0 Å². The summed E-state index contributed by atoms with van der Waals surface area (Å²) >= 11 is 0. The van der Waals surface area contributed by atoms with Crippen molar-refractivity contribution in [2.24, 2.45) is 0 Å². The summed E-state index contributed by atoms with van der Waals surface area (Å²) in [6, 6.07) is 6.53. The summed E-state index contributed by atoms with van der Waals surface area (Å²) in [7, 11) is 0. The third-order valence-electron chi connectivity index (χ3n) is 2.37. The molecule has 0 N–H and O–H groups in total. The van der Waals surface area contributed by atoms with Gasteiger partial charge in [0.15, 0.2) is 0 Å². The third kappa shape index (κ3) is 3.45. The number of hydrogen-bond acceptors (Lipinski definition) is 4. The molecule has 0 atom stereocenters.